The first-order chi connectivity index (χ1) is 8.72. The van der Waals surface area contributed by atoms with E-state index in [1.807, 2.05) is 0 Å². The molecule has 18 heavy (non-hydrogen) atoms. The van der Waals surface area contributed by atoms with Crippen molar-refractivity contribution in [1.82, 2.24) is 5.32 Å². The normalized spacial score (nSPS) is 33.8. The molecular formula is C16H31NS. The van der Waals surface area contributed by atoms with Crippen molar-refractivity contribution in [1.29, 1.82) is 0 Å². The van der Waals surface area contributed by atoms with Crippen LogP contribution in [0.3, 0.4) is 0 Å². The van der Waals surface area contributed by atoms with Crippen LogP contribution in [0.5, 0.6) is 0 Å². The van der Waals surface area contributed by atoms with Crippen LogP contribution in [0, 0.1) is 17.8 Å². The first-order valence-corrected chi connectivity index (χ1v) is 9.12. The molecule has 0 spiro atoms. The van der Waals surface area contributed by atoms with Crippen molar-refractivity contribution in [2.24, 2.45) is 17.8 Å². The van der Waals surface area contributed by atoms with Crippen LogP contribution in [0.4, 0.5) is 0 Å². The minimum atomic E-state index is 0.762. The summed E-state index contributed by atoms with van der Waals surface area (Å²) in [6, 6.07) is 0.762. The SMILES string of the molecule is CCNC(CSC(C)CC)CC1CC2CCC1C2. The van der Waals surface area contributed by atoms with Gasteiger partial charge in [0.15, 0.2) is 0 Å². The lowest BCUT2D eigenvalue weighted by molar-refractivity contribution is 0.287. The number of hydrogen-bond acceptors (Lipinski definition) is 2. The standard InChI is InChI=1S/C16H31NS/c1-4-12(3)18-11-16(17-5-2)10-15-9-13-6-7-14(15)8-13/h12-17H,4-11H2,1-3H3. The van der Waals surface area contributed by atoms with Crippen molar-refractivity contribution in [2.75, 3.05) is 12.3 Å². The number of nitrogens with one attached hydrogen (secondary N) is 1. The monoisotopic (exact) mass is 269 g/mol. The minimum Gasteiger partial charge on any atom is -0.313 e. The molecule has 1 N–H and O–H groups in total. The lowest BCUT2D eigenvalue weighted by Crippen LogP contribution is -2.34. The van der Waals surface area contributed by atoms with Gasteiger partial charge in [0.2, 0.25) is 0 Å². The highest BCUT2D eigenvalue weighted by Crippen LogP contribution is 2.50. The molecule has 106 valence electrons. The second kappa shape index (κ2) is 7.19. The van der Waals surface area contributed by atoms with E-state index in [4.69, 9.17) is 0 Å². The molecule has 0 aromatic carbocycles. The Morgan fingerprint density at radius 1 is 1.22 bits per heavy atom. The minimum absolute atomic E-state index is 0.762. The highest BCUT2D eigenvalue weighted by molar-refractivity contribution is 7.99. The molecule has 0 radical (unpaired) electrons. The summed E-state index contributed by atoms with van der Waals surface area (Å²) in [5.74, 6) is 4.55. The van der Waals surface area contributed by atoms with Gasteiger partial charge < -0.3 is 5.32 Å². The highest BCUT2D eigenvalue weighted by atomic mass is 32.2. The maximum atomic E-state index is 3.73. The number of hydrogen-bond donors (Lipinski definition) is 1. The van der Waals surface area contributed by atoms with Crippen LogP contribution in [0.15, 0.2) is 0 Å². The van der Waals surface area contributed by atoms with E-state index < -0.39 is 0 Å². The fourth-order valence-electron chi connectivity index (χ4n) is 3.93. The maximum Gasteiger partial charge on any atom is 0.0160 e. The molecule has 5 atom stereocenters. The maximum absolute atomic E-state index is 3.73. The van der Waals surface area contributed by atoms with Gasteiger partial charge in [0.25, 0.3) is 0 Å². The van der Waals surface area contributed by atoms with Gasteiger partial charge in [-0.05, 0) is 56.4 Å². The van der Waals surface area contributed by atoms with Crippen molar-refractivity contribution >= 4 is 11.8 Å². The van der Waals surface area contributed by atoms with Crippen LogP contribution < -0.4 is 5.32 Å². The molecule has 2 fully saturated rings. The Bertz CT molecular complexity index is 243. The molecule has 2 aliphatic rings. The van der Waals surface area contributed by atoms with E-state index >= 15 is 0 Å². The predicted molar refractivity (Wildman–Crippen MR) is 83.2 cm³/mol. The Balaban J connectivity index is 1.75. The van der Waals surface area contributed by atoms with Gasteiger partial charge in [-0.15, -0.1) is 0 Å². The van der Waals surface area contributed by atoms with E-state index in [1.54, 1.807) is 12.8 Å². The topological polar surface area (TPSA) is 12.0 Å². The molecule has 2 rings (SSSR count). The molecule has 1 nitrogen and oxygen atoms in total. The van der Waals surface area contributed by atoms with Crippen molar-refractivity contribution in [2.45, 2.75) is 70.6 Å². The summed E-state index contributed by atoms with van der Waals surface area (Å²) in [5, 5.41) is 4.55. The first-order valence-electron chi connectivity index (χ1n) is 8.07. The molecule has 2 saturated carbocycles. The van der Waals surface area contributed by atoms with Crippen LogP contribution in [-0.4, -0.2) is 23.6 Å². The van der Waals surface area contributed by atoms with E-state index in [1.165, 1.54) is 31.4 Å². The van der Waals surface area contributed by atoms with Gasteiger partial charge >= 0.3 is 0 Å². The average Bonchev–Trinajstić information content (AvgIpc) is 2.98. The summed E-state index contributed by atoms with van der Waals surface area (Å²) in [6.45, 7) is 8.05. The first kappa shape index (κ1) is 14.7. The summed E-state index contributed by atoms with van der Waals surface area (Å²) in [5.41, 5.74) is 0. The Kier molecular flexibility index (Phi) is 5.88. The molecule has 2 bridgehead atoms. The van der Waals surface area contributed by atoms with Gasteiger partial charge in [0.1, 0.15) is 0 Å². The van der Waals surface area contributed by atoms with Crippen LogP contribution in [0.2, 0.25) is 0 Å². The largest absolute Gasteiger partial charge is 0.313 e. The molecule has 0 saturated heterocycles. The van der Waals surface area contributed by atoms with Gasteiger partial charge in [0, 0.05) is 17.0 Å². The van der Waals surface area contributed by atoms with Gasteiger partial charge in [0.05, 0.1) is 0 Å². The van der Waals surface area contributed by atoms with E-state index in [0.29, 0.717) is 0 Å². The van der Waals surface area contributed by atoms with Gasteiger partial charge in [-0.25, -0.2) is 0 Å². The second-order valence-electron chi connectivity index (χ2n) is 6.48. The Morgan fingerprint density at radius 2 is 2.06 bits per heavy atom. The molecule has 0 aromatic rings. The van der Waals surface area contributed by atoms with E-state index in [9.17, 15) is 0 Å². The van der Waals surface area contributed by atoms with E-state index in [0.717, 1.165) is 35.6 Å². The molecule has 5 unspecified atom stereocenters. The Labute approximate surface area is 118 Å². The quantitative estimate of drug-likeness (QED) is 0.704. The lowest BCUT2D eigenvalue weighted by Gasteiger charge is -2.27. The molecule has 2 heteroatoms. The zero-order valence-corrected chi connectivity index (χ0v) is 13.3. The van der Waals surface area contributed by atoms with Crippen molar-refractivity contribution in [3.8, 4) is 0 Å². The fraction of sp³-hybridized carbons (Fsp3) is 1.00. The van der Waals surface area contributed by atoms with E-state index in [-0.39, 0.29) is 0 Å². The van der Waals surface area contributed by atoms with Crippen molar-refractivity contribution in [3.63, 3.8) is 0 Å². The summed E-state index contributed by atoms with van der Waals surface area (Å²) >= 11 is 2.17. The number of fused-ring (bicyclic) bond motifs is 2. The second-order valence-corrected chi connectivity index (χ2v) is 7.95. The highest BCUT2D eigenvalue weighted by Gasteiger charge is 2.39. The van der Waals surface area contributed by atoms with Crippen LogP contribution in [0.25, 0.3) is 0 Å². The number of rotatable bonds is 8. The average molecular weight is 269 g/mol. The van der Waals surface area contributed by atoms with Crippen LogP contribution in [0.1, 0.15) is 59.3 Å². The Hall–Kier alpha value is 0.310. The molecule has 0 aliphatic heterocycles. The summed E-state index contributed by atoms with van der Waals surface area (Å²) < 4.78 is 0. The third-order valence-electron chi connectivity index (χ3n) is 5.12. The van der Waals surface area contributed by atoms with Gasteiger partial charge in [-0.3, -0.25) is 0 Å². The predicted octanol–water partition coefficient (Wildman–Crippen LogP) is 4.32. The zero-order valence-electron chi connectivity index (χ0n) is 12.5. The Morgan fingerprint density at radius 3 is 2.61 bits per heavy atom. The summed E-state index contributed by atoms with van der Waals surface area (Å²) in [6.07, 6.45) is 8.92. The summed E-state index contributed by atoms with van der Waals surface area (Å²) in [7, 11) is 0. The smallest absolute Gasteiger partial charge is 0.0160 e. The fourth-order valence-corrected chi connectivity index (χ4v) is 4.98. The van der Waals surface area contributed by atoms with E-state index in [2.05, 4.69) is 37.8 Å². The molecule has 0 amide bonds. The molecule has 2 aliphatic carbocycles. The molecule has 0 aromatic heterocycles. The molecule has 0 heterocycles. The van der Waals surface area contributed by atoms with Crippen molar-refractivity contribution < 1.29 is 0 Å². The van der Waals surface area contributed by atoms with Crippen molar-refractivity contribution in [3.05, 3.63) is 0 Å². The zero-order chi connectivity index (χ0) is 13.0. The van der Waals surface area contributed by atoms with Gasteiger partial charge in [-0.2, -0.15) is 11.8 Å². The van der Waals surface area contributed by atoms with Crippen LogP contribution >= 0.6 is 11.8 Å². The third-order valence-corrected chi connectivity index (χ3v) is 6.62. The molecular weight excluding hydrogens is 238 g/mol. The third kappa shape index (κ3) is 3.90. The van der Waals surface area contributed by atoms with Crippen LogP contribution in [-0.2, 0) is 0 Å². The summed E-state index contributed by atoms with van der Waals surface area (Å²) in [4.78, 5) is 0. The number of thioether (sulfide) groups is 1. The lowest BCUT2D eigenvalue weighted by atomic mass is 9.84. The van der Waals surface area contributed by atoms with Gasteiger partial charge in [-0.1, -0.05) is 27.2 Å².